The Labute approximate surface area is 128 Å². The molecule has 1 unspecified atom stereocenters. The molecule has 1 saturated heterocycles. The van der Waals surface area contributed by atoms with Crippen LogP contribution in [0.4, 0.5) is 0 Å². The van der Waals surface area contributed by atoms with E-state index in [4.69, 9.17) is 4.74 Å². The zero-order valence-corrected chi connectivity index (χ0v) is 12.8. The number of carbonyl (C=O) groups excluding carboxylic acids is 1. The van der Waals surface area contributed by atoms with Crippen molar-refractivity contribution in [2.24, 2.45) is 5.92 Å². The highest BCUT2D eigenvalue weighted by Crippen LogP contribution is 2.23. The number of rotatable bonds is 4. The lowest BCUT2D eigenvalue weighted by Crippen LogP contribution is -2.30. The van der Waals surface area contributed by atoms with E-state index in [9.17, 15) is 4.79 Å². The first kappa shape index (κ1) is 14.2. The molecule has 0 saturated carbocycles. The molecule has 110 valence electrons. The van der Waals surface area contributed by atoms with E-state index in [1.807, 2.05) is 24.4 Å². The first-order valence-electron chi connectivity index (χ1n) is 7.09. The van der Waals surface area contributed by atoms with E-state index in [1.165, 1.54) is 0 Å². The molecule has 1 N–H and O–H groups in total. The summed E-state index contributed by atoms with van der Waals surface area (Å²) in [7, 11) is 0. The molecule has 21 heavy (non-hydrogen) atoms. The van der Waals surface area contributed by atoms with Crippen molar-refractivity contribution in [3.63, 3.8) is 0 Å². The fourth-order valence-electron chi connectivity index (χ4n) is 2.33. The van der Waals surface area contributed by atoms with Gasteiger partial charge in [-0.2, -0.15) is 0 Å². The third-order valence-electron chi connectivity index (χ3n) is 3.59. The third-order valence-corrected chi connectivity index (χ3v) is 4.60. The second-order valence-electron chi connectivity index (χ2n) is 5.27. The van der Waals surface area contributed by atoms with Gasteiger partial charge in [-0.05, 0) is 18.9 Å². The SMILES string of the molecule is Cc1csc(-c2ccc(CNC(=O)C3CCOC3)cc2)n1. The van der Waals surface area contributed by atoms with Gasteiger partial charge in [0.1, 0.15) is 5.01 Å². The van der Waals surface area contributed by atoms with Crippen LogP contribution in [0.5, 0.6) is 0 Å². The quantitative estimate of drug-likeness (QED) is 0.945. The molecule has 1 aromatic carbocycles. The van der Waals surface area contributed by atoms with Crippen LogP contribution in [0, 0.1) is 12.8 Å². The predicted molar refractivity (Wildman–Crippen MR) is 83.1 cm³/mol. The van der Waals surface area contributed by atoms with Gasteiger partial charge in [0.15, 0.2) is 0 Å². The Kier molecular flexibility index (Phi) is 4.31. The van der Waals surface area contributed by atoms with Crippen molar-refractivity contribution < 1.29 is 9.53 Å². The van der Waals surface area contributed by atoms with Crippen molar-refractivity contribution in [1.82, 2.24) is 10.3 Å². The van der Waals surface area contributed by atoms with Crippen LogP contribution < -0.4 is 5.32 Å². The minimum atomic E-state index is 0.0163. The average Bonchev–Trinajstić information content (AvgIpc) is 3.17. The summed E-state index contributed by atoms with van der Waals surface area (Å²) >= 11 is 1.65. The van der Waals surface area contributed by atoms with E-state index >= 15 is 0 Å². The van der Waals surface area contributed by atoms with Gasteiger partial charge in [0.25, 0.3) is 0 Å². The second kappa shape index (κ2) is 6.37. The van der Waals surface area contributed by atoms with Gasteiger partial charge in [0.05, 0.1) is 12.5 Å². The normalized spacial score (nSPS) is 17.9. The van der Waals surface area contributed by atoms with Crippen LogP contribution in [-0.4, -0.2) is 24.1 Å². The number of carbonyl (C=O) groups is 1. The Bertz CT molecular complexity index is 615. The lowest BCUT2D eigenvalue weighted by atomic mass is 10.1. The van der Waals surface area contributed by atoms with E-state index in [0.29, 0.717) is 19.8 Å². The van der Waals surface area contributed by atoms with Gasteiger partial charge < -0.3 is 10.1 Å². The molecule has 2 aromatic rings. The predicted octanol–water partition coefficient (Wildman–Crippen LogP) is 2.77. The lowest BCUT2D eigenvalue weighted by Gasteiger charge is -2.09. The Balaban J connectivity index is 1.58. The van der Waals surface area contributed by atoms with Crippen LogP contribution >= 0.6 is 11.3 Å². The number of nitrogens with zero attached hydrogens (tertiary/aromatic N) is 1. The minimum absolute atomic E-state index is 0.0163. The van der Waals surface area contributed by atoms with Crippen molar-refractivity contribution in [3.8, 4) is 10.6 Å². The smallest absolute Gasteiger partial charge is 0.225 e. The monoisotopic (exact) mass is 302 g/mol. The molecule has 1 aliphatic rings. The van der Waals surface area contributed by atoms with Crippen LogP contribution in [0.1, 0.15) is 17.7 Å². The van der Waals surface area contributed by atoms with Crippen LogP contribution in [0.25, 0.3) is 10.6 Å². The molecule has 1 aliphatic heterocycles. The molecule has 4 nitrogen and oxygen atoms in total. The molecule has 2 heterocycles. The largest absolute Gasteiger partial charge is 0.381 e. The molecule has 1 fully saturated rings. The Morgan fingerprint density at radius 3 is 2.86 bits per heavy atom. The van der Waals surface area contributed by atoms with Crippen molar-refractivity contribution in [1.29, 1.82) is 0 Å². The summed E-state index contributed by atoms with van der Waals surface area (Å²) in [5, 5.41) is 6.05. The molecular weight excluding hydrogens is 284 g/mol. The molecule has 1 atom stereocenters. The fourth-order valence-corrected chi connectivity index (χ4v) is 3.13. The minimum Gasteiger partial charge on any atom is -0.381 e. The number of nitrogens with one attached hydrogen (secondary N) is 1. The number of amides is 1. The van der Waals surface area contributed by atoms with E-state index in [1.54, 1.807) is 11.3 Å². The van der Waals surface area contributed by atoms with Gasteiger partial charge in [-0.3, -0.25) is 4.79 Å². The molecule has 5 heteroatoms. The standard InChI is InChI=1S/C16H18N2O2S/c1-11-10-21-16(18-11)13-4-2-12(3-5-13)8-17-15(19)14-6-7-20-9-14/h2-5,10,14H,6-9H2,1H3,(H,17,19). The molecule has 0 spiro atoms. The van der Waals surface area contributed by atoms with Crippen molar-refractivity contribution >= 4 is 17.2 Å². The second-order valence-corrected chi connectivity index (χ2v) is 6.13. The van der Waals surface area contributed by atoms with Gasteiger partial charge in [0, 0.05) is 29.8 Å². The molecule has 1 amide bonds. The van der Waals surface area contributed by atoms with Crippen LogP contribution in [0.3, 0.4) is 0 Å². The number of thiazole rings is 1. The van der Waals surface area contributed by atoms with E-state index in [2.05, 4.69) is 22.4 Å². The summed E-state index contributed by atoms with van der Waals surface area (Å²) in [6.07, 6.45) is 0.828. The first-order chi connectivity index (χ1) is 10.2. The maximum absolute atomic E-state index is 11.9. The average molecular weight is 302 g/mol. The zero-order valence-electron chi connectivity index (χ0n) is 12.0. The number of aromatic nitrogens is 1. The highest BCUT2D eigenvalue weighted by Gasteiger charge is 2.22. The number of benzene rings is 1. The van der Waals surface area contributed by atoms with Crippen LogP contribution in [0.2, 0.25) is 0 Å². The van der Waals surface area contributed by atoms with Gasteiger partial charge >= 0.3 is 0 Å². The molecule has 0 radical (unpaired) electrons. The Morgan fingerprint density at radius 1 is 1.43 bits per heavy atom. The summed E-state index contributed by atoms with van der Waals surface area (Å²) in [6.45, 7) is 3.80. The highest BCUT2D eigenvalue weighted by atomic mass is 32.1. The van der Waals surface area contributed by atoms with Gasteiger partial charge in [-0.15, -0.1) is 11.3 Å². The summed E-state index contributed by atoms with van der Waals surface area (Å²) in [6, 6.07) is 8.19. The zero-order chi connectivity index (χ0) is 14.7. The van der Waals surface area contributed by atoms with Gasteiger partial charge in [-0.1, -0.05) is 24.3 Å². The van der Waals surface area contributed by atoms with Crippen molar-refractivity contribution in [2.75, 3.05) is 13.2 Å². The van der Waals surface area contributed by atoms with Crippen LogP contribution in [0.15, 0.2) is 29.6 Å². The summed E-state index contributed by atoms with van der Waals surface area (Å²) in [5.74, 6) is 0.106. The van der Waals surface area contributed by atoms with Gasteiger partial charge in [-0.25, -0.2) is 4.98 Å². The summed E-state index contributed by atoms with van der Waals surface area (Å²) in [4.78, 5) is 16.4. The molecular formula is C16H18N2O2S. The lowest BCUT2D eigenvalue weighted by molar-refractivity contribution is -0.125. The Morgan fingerprint density at radius 2 is 2.24 bits per heavy atom. The van der Waals surface area contributed by atoms with Crippen molar-refractivity contribution in [3.05, 3.63) is 40.9 Å². The van der Waals surface area contributed by atoms with E-state index < -0.39 is 0 Å². The number of hydrogen-bond donors (Lipinski definition) is 1. The molecule has 0 bridgehead atoms. The van der Waals surface area contributed by atoms with Gasteiger partial charge in [0.2, 0.25) is 5.91 Å². The molecule has 3 rings (SSSR count). The third kappa shape index (κ3) is 3.49. The van der Waals surface area contributed by atoms with Crippen LogP contribution in [-0.2, 0) is 16.1 Å². The number of aryl methyl sites for hydroxylation is 1. The topological polar surface area (TPSA) is 51.2 Å². The molecule has 0 aliphatic carbocycles. The maximum atomic E-state index is 11.9. The Hall–Kier alpha value is -1.72. The molecule has 1 aromatic heterocycles. The highest BCUT2D eigenvalue weighted by molar-refractivity contribution is 7.13. The number of hydrogen-bond acceptors (Lipinski definition) is 4. The number of ether oxygens (including phenoxy) is 1. The summed E-state index contributed by atoms with van der Waals surface area (Å²) in [5.41, 5.74) is 3.26. The first-order valence-corrected chi connectivity index (χ1v) is 7.97. The van der Waals surface area contributed by atoms with E-state index in [-0.39, 0.29) is 11.8 Å². The maximum Gasteiger partial charge on any atom is 0.225 e. The van der Waals surface area contributed by atoms with E-state index in [0.717, 1.165) is 28.2 Å². The fraction of sp³-hybridized carbons (Fsp3) is 0.375. The van der Waals surface area contributed by atoms with Crippen molar-refractivity contribution in [2.45, 2.75) is 19.9 Å². The summed E-state index contributed by atoms with van der Waals surface area (Å²) < 4.78 is 5.23.